The average Bonchev–Trinajstić information content (AvgIpc) is 2.93. The first kappa shape index (κ1) is 20.5. The SMILES string of the molecule is COc1cccc(NC2=C(c3ccc(F)cc3)C(=O)N(CCOC(C)C)C2=O)c1. The van der Waals surface area contributed by atoms with E-state index in [9.17, 15) is 14.0 Å². The van der Waals surface area contributed by atoms with Gasteiger partial charge in [-0.3, -0.25) is 14.5 Å². The first-order valence-corrected chi connectivity index (χ1v) is 9.29. The van der Waals surface area contributed by atoms with Crippen molar-refractivity contribution in [2.24, 2.45) is 0 Å². The van der Waals surface area contributed by atoms with Crippen molar-refractivity contribution in [1.82, 2.24) is 4.90 Å². The van der Waals surface area contributed by atoms with Gasteiger partial charge in [-0.25, -0.2) is 4.39 Å². The second-order valence-corrected chi connectivity index (χ2v) is 6.80. The van der Waals surface area contributed by atoms with Crippen molar-refractivity contribution in [3.8, 4) is 5.75 Å². The number of benzene rings is 2. The molecule has 7 heteroatoms. The quantitative estimate of drug-likeness (QED) is 0.690. The van der Waals surface area contributed by atoms with E-state index in [0.717, 1.165) is 4.90 Å². The molecular weight excluding hydrogens is 375 g/mol. The lowest BCUT2D eigenvalue weighted by Crippen LogP contribution is -2.35. The van der Waals surface area contributed by atoms with Gasteiger partial charge in [0.25, 0.3) is 11.8 Å². The van der Waals surface area contributed by atoms with Crippen LogP contribution in [-0.4, -0.2) is 43.1 Å². The van der Waals surface area contributed by atoms with E-state index in [2.05, 4.69) is 5.32 Å². The third-order valence-electron chi connectivity index (χ3n) is 4.41. The van der Waals surface area contributed by atoms with Crippen LogP contribution in [0.5, 0.6) is 5.75 Å². The van der Waals surface area contributed by atoms with Crippen molar-refractivity contribution in [3.05, 3.63) is 65.6 Å². The fraction of sp³-hybridized carbons (Fsp3) is 0.273. The minimum Gasteiger partial charge on any atom is -0.497 e. The standard InChI is InChI=1S/C22H23FN2O4/c1-14(2)29-12-11-25-21(26)19(15-7-9-16(23)10-8-15)20(22(25)27)24-17-5-4-6-18(13-17)28-3/h4-10,13-14,24H,11-12H2,1-3H3. The summed E-state index contributed by atoms with van der Waals surface area (Å²) in [6.07, 6.45) is -0.0123. The smallest absolute Gasteiger partial charge is 0.278 e. The zero-order valence-electron chi connectivity index (χ0n) is 16.6. The molecule has 0 aromatic heterocycles. The van der Waals surface area contributed by atoms with Crippen LogP contribution in [0.3, 0.4) is 0 Å². The zero-order valence-corrected chi connectivity index (χ0v) is 16.6. The maximum Gasteiger partial charge on any atom is 0.278 e. The molecule has 0 saturated heterocycles. The first-order valence-electron chi connectivity index (χ1n) is 9.29. The lowest BCUT2D eigenvalue weighted by Gasteiger charge is -2.16. The van der Waals surface area contributed by atoms with Gasteiger partial charge in [-0.15, -0.1) is 0 Å². The van der Waals surface area contributed by atoms with Gasteiger partial charge in [-0.1, -0.05) is 18.2 Å². The van der Waals surface area contributed by atoms with E-state index in [4.69, 9.17) is 9.47 Å². The summed E-state index contributed by atoms with van der Waals surface area (Å²) < 4.78 is 24.1. The molecule has 1 N–H and O–H groups in total. The number of rotatable bonds is 8. The van der Waals surface area contributed by atoms with Gasteiger partial charge in [0.15, 0.2) is 0 Å². The van der Waals surface area contributed by atoms with Crippen molar-refractivity contribution in [2.45, 2.75) is 20.0 Å². The summed E-state index contributed by atoms with van der Waals surface area (Å²) in [4.78, 5) is 27.2. The number of ether oxygens (including phenoxy) is 2. The van der Waals surface area contributed by atoms with Gasteiger partial charge in [-0.2, -0.15) is 0 Å². The normalized spacial score (nSPS) is 14.2. The second kappa shape index (κ2) is 8.87. The molecule has 0 atom stereocenters. The van der Waals surface area contributed by atoms with E-state index in [1.54, 1.807) is 31.4 Å². The van der Waals surface area contributed by atoms with E-state index in [-0.39, 0.29) is 30.5 Å². The highest BCUT2D eigenvalue weighted by Crippen LogP contribution is 2.31. The van der Waals surface area contributed by atoms with Crippen molar-refractivity contribution < 1.29 is 23.5 Å². The third-order valence-corrected chi connectivity index (χ3v) is 4.41. The van der Waals surface area contributed by atoms with Crippen LogP contribution < -0.4 is 10.1 Å². The molecule has 1 aliphatic rings. The Morgan fingerprint density at radius 2 is 1.79 bits per heavy atom. The minimum absolute atomic E-state index is 0.0123. The fourth-order valence-corrected chi connectivity index (χ4v) is 3.00. The first-order chi connectivity index (χ1) is 13.9. The van der Waals surface area contributed by atoms with Crippen LogP contribution in [0, 0.1) is 5.82 Å². The number of methoxy groups -OCH3 is 1. The maximum absolute atomic E-state index is 13.4. The van der Waals surface area contributed by atoms with Crippen LogP contribution in [0.4, 0.5) is 10.1 Å². The largest absolute Gasteiger partial charge is 0.497 e. The highest BCUT2D eigenvalue weighted by molar-refractivity contribution is 6.36. The molecule has 0 saturated carbocycles. The van der Waals surface area contributed by atoms with Gasteiger partial charge < -0.3 is 14.8 Å². The third kappa shape index (κ3) is 4.63. The molecule has 0 unspecified atom stereocenters. The molecule has 2 amide bonds. The summed E-state index contributed by atoms with van der Waals surface area (Å²) in [5, 5.41) is 3.04. The number of hydrogen-bond donors (Lipinski definition) is 1. The van der Waals surface area contributed by atoms with Crippen LogP contribution in [0.2, 0.25) is 0 Å². The summed E-state index contributed by atoms with van der Waals surface area (Å²) in [6.45, 7) is 4.12. The number of hydrogen-bond acceptors (Lipinski definition) is 5. The number of halogens is 1. The lowest BCUT2D eigenvalue weighted by molar-refractivity contribution is -0.137. The maximum atomic E-state index is 13.4. The van der Waals surface area contributed by atoms with Gasteiger partial charge >= 0.3 is 0 Å². The molecule has 6 nitrogen and oxygen atoms in total. The Kier molecular flexibility index (Phi) is 6.29. The summed E-state index contributed by atoms with van der Waals surface area (Å²) in [5.74, 6) is -0.711. The molecule has 29 heavy (non-hydrogen) atoms. The van der Waals surface area contributed by atoms with Crippen LogP contribution in [-0.2, 0) is 14.3 Å². The number of anilines is 1. The van der Waals surface area contributed by atoms with Gasteiger partial charge in [-0.05, 0) is 43.7 Å². The van der Waals surface area contributed by atoms with Crippen LogP contribution >= 0.6 is 0 Å². The van der Waals surface area contributed by atoms with Gasteiger partial charge in [0.1, 0.15) is 17.3 Å². The Hall–Kier alpha value is -3.19. The fourth-order valence-electron chi connectivity index (χ4n) is 3.00. The van der Waals surface area contributed by atoms with Crippen LogP contribution in [0.1, 0.15) is 19.4 Å². The van der Waals surface area contributed by atoms with E-state index < -0.39 is 17.6 Å². The molecular formula is C22H23FN2O4. The molecule has 0 radical (unpaired) electrons. The topological polar surface area (TPSA) is 67.9 Å². The number of carbonyl (C=O) groups excluding carboxylic acids is 2. The van der Waals surface area contributed by atoms with Crippen molar-refractivity contribution in [3.63, 3.8) is 0 Å². The monoisotopic (exact) mass is 398 g/mol. The van der Waals surface area contributed by atoms with E-state index >= 15 is 0 Å². The number of carbonyl (C=O) groups is 2. The number of amides is 2. The number of nitrogens with zero attached hydrogens (tertiary/aromatic N) is 1. The summed E-state index contributed by atoms with van der Waals surface area (Å²) in [5.41, 5.74) is 1.39. The predicted octanol–water partition coefficient (Wildman–Crippen LogP) is 3.45. The highest BCUT2D eigenvalue weighted by atomic mass is 19.1. The molecule has 0 fully saturated rings. The zero-order chi connectivity index (χ0) is 21.0. The summed E-state index contributed by atoms with van der Waals surface area (Å²) in [6, 6.07) is 12.5. The Labute approximate surface area is 168 Å². The highest BCUT2D eigenvalue weighted by Gasteiger charge is 2.39. The van der Waals surface area contributed by atoms with Crippen molar-refractivity contribution in [1.29, 1.82) is 0 Å². The van der Waals surface area contributed by atoms with E-state index in [0.29, 0.717) is 17.0 Å². The molecule has 0 spiro atoms. The Morgan fingerprint density at radius 3 is 2.45 bits per heavy atom. The Bertz CT molecular complexity index is 938. The predicted molar refractivity (Wildman–Crippen MR) is 108 cm³/mol. The minimum atomic E-state index is -0.454. The lowest BCUT2D eigenvalue weighted by atomic mass is 10.0. The second-order valence-electron chi connectivity index (χ2n) is 6.80. The van der Waals surface area contributed by atoms with E-state index in [1.165, 1.54) is 24.3 Å². The molecule has 3 rings (SSSR count). The molecule has 2 aromatic carbocycles. The molecule has 0 bridgehead atoms. The Balaban J connectivity index is 1.96. The molecule has 1 aliphatic heterocycles. The molecule has 0 aliphatic carbocycles. The van der Waals surface area contributed by atoms with Gasteiger partial charge in [0, 0.05) is 11.8 Å². The number of nitrogens with one attached hydrogen (secondary N) is 1. The molecule has 152 valence electrons. The summed E-state index contributed by atoms with van der Waals surface area (Å²) >= 11 is 0. The molecule has 1 heterocycles. The molecule has 2 aromatic rings. The number of imide groups is 1. The van der Waals surface area contributed by atoms with Crippen molar-refractivity contribution in [2.75, 3.05) is 25.6 Å². The van der Waals surface area contributed by atoms with Gasteiger partial charge in [0.2, 0.25) is 0 Å². The van der Waals surface area contributed by atoms with Crippen LogP contribution in [0.25, 0.3) is 5.57 Å². The summed E-state index contributed by atoms with van der Waals surface area (Å²) in [7, 11) is 1.54. The van der Waals surface area contributed by atoms with Gasteiger partial charge in [0.05, 0.1) is 31.9 Å². The van der Waals surface area contributed by atoms with Crippen molar-refractivity contribution >= 4 is 23.1 Å². The van der Waals surface area contributed by atoms with Crippen LogP contribution in [0.15, 0.2) is 54.2 Å². The Morgan fingerprint density at radius 1 is 1.07 bits per heavy atom. The van der Waals surface area contributed by atoms with E-state index in [1.807, 2.05) is 13.8 Å². The average molecular weight is 398 g/mol.